The van der Waals surface area contributed by atoms with Crippen molar-refractivity contribution in [1.29, 1.82) is 0 Å². The number of amides is 2. The van der Waals surface area contributed by atoms with Gasteiger partial charge < -0.3 is 9.73 Å². The molecule has 0 radical (unpaired) electrons. The highest BCUT2D eigenvalue weighted by Crippen LogP contribution is 2.48. The molecule has 3 aromatic carbocycles. The van der Waals surface area contributed by atoms with Gasteiger partial charge in [-0.25, -0.2) is 9.07 Å². The SMILES string of the molecule is Cc1cccc(-n2nc(-c3ccccc3)c3c2N(CC(=O)NCc2ccco2)C(=O)CS[C@@H]3c2cccc(F)c2)c1. The van der Waals surface area contributed by atoms with Gasteiger partial charge in [0.05, 0.1) is 35.2 Å². The molecular formula is C32H27FN4O3S. The molecule has 3 heterocycles. The van der Waals surface area contributed by atoms with E-state index in [2.05, 4.69) is 5.32 Å². The summed E-state index contributed by atoms with van der Waals surface area (Å²) >= 11 is 1.40. The number of aryl methyl sites for hydroxylation is 1. The van der Waals surface area contributed by atoms with Crippen LogP contribution >= 0.6 is 11.8 Å². The van der Waals surface area contributed by atoms with E-state index in [4.69, 9.17) is 9.52 Å². The quantitative estimate of drug-likeness (QED) is 0.259. The molecule has 1 aliphatic heterocycles. The number of carbonyl (C=O) groups is 2. The monoisotopic (exact) mass is 566 g/mol. The highest BCUT2D eigenvalue weighted by atomic mass is 32.2. The van der Waals surface area contributed by atoms with Crippen LogP contribution in [0.5, 0.6) is 0 Å². The zero-order valence-electron chi connectivity index (χ0n) is 22.3. The molecule has 2 aromatic heterocycles. The number of nitrogens with one attached hydrogen (secondary N) is 1. The van der Waals surface area contributed by atoms with E-state index < -0.39 is 5.25 Å². The van der Waals surface area contributed by atoms with E-state index in [-0.39, 0.29) is 36.5 Å². The summed E-state index contributed by atoms with van der Waals surface area (Å²) in [6.45, 7) is 1.97. The summed E-state index contributed by atoms with van der Waals surface area (Å²) in [5, 5.41) is 7.50. The van der Waals surface area contributed by atoms with Gasteiger partial charge in [0.25, 0.3) is 0 Å². The van der Waals surface area contributed by atoms with Crippen molar-refractivity contribution in [3.8, 4) is 16.9 Å². The summed E-state index contributed by atoms with van der Waals surface area (Å²) in [5.41, 5.74) is 4.76. The van der Waals surface area contributed by atoms with Crippen LogP contribution in [0, 0.1) is 12.7 Å². The zero-order valence-corrected chi connectivity index (χ0v) is 23.1. The lowest BCUT2D eigenvalue weighted by molar-refractivity contribution is -0.123. The molecule has 0 saturated carbocycles. The second-order valence-electron chi connectivity index (χ2n) is 9.78. The maximum Gasteiger partial charge on any atom is 0.240 e. The number of fused-ring (bicyclic) bond motifs is 1. The fourth-order valence-electron chi connectivity index (χ4n) is 5.00. The standard InChI is InChI=1S/C32H27FN4O3S/c1-21-8-5-13-25(16-21)37-32-29(30(35-37)22-9-3-2-4-10-22)31(23-11-6-12-24(33)17-23)41-20-28(39)36(32)19-27(38)34-18-26-14-7-15-40-26/h2-17,31H,18-20H2,1H3,(H,34,38)/t31-/m1/s1. The molecule has 5 aromatic rings. The third-order valence-electron chi connectivity index (χ3n) is 6.88. The number of carbonyl (C=O) groups excluding carboxylic acids is 2. The molecule has 9 heteroatoms. The van der Waals surface area contributed by atoms with Gasteiger partial charge in [0.1, 0.15) is 23.9 Å². The molecule has 206 valence electrons. The van der Waals surface area contributed by atoms with Gasteiger partial charge in [-0.05, 0) is 54.4 Å². The maximum absolute atomic E-state index is 14.5. The number of thioether (sulfide) groups is 1. The molecule has 0 aliphatic carbocycles. The molecule has 0 unspecified atom stereocenters. The van der Waals surface area contributed by atoms with E-state index in [1.165, 1.54) is 28.8 Å². The Morgan fingerprint density at radius 3 is 2.63 bits per heavy atom. The molecule has 2 amide bonds. The van der Waals surface area contributed by atoms with Gasteiger partial charge in [0, 0.05) is 11.1 Å². The molecule has 41 heavy (non-hydrogen) atoms. The lowest BCUT2D eigenvalue weighted by Gasteiger charge is -2.23. The molecule has 6 rings (SSSR count). The summed E-state index contributed by atoms with van der Waals surface area (Å²) in [4.78, 5) is 28.5. The fraction of sp³-hybridized carbons (Fsp3) is 0.156. The molecule has 1 atom stereocenters. The number of benzene rings is 3. The highest BCUT2D eigenvalue weighted by molar-refractivity contribution is 8.00. The Hall–Kier alpha value is -4.63. The minimum absolute atomic E-state index is 0.101. The van der Waals surface area contributed by atoms with Crippen LogP contribution in [0.1, 0.15) is 27.7 Å². The first-order chi connectivity index (χ1) is 20.0. The van der Waals surface area contributed by atoms with Gasteiger partial charge in [-0.3, -0.25) is 14.5 Å². The van der Waals surface area contributed by atoms with Crippen LogP contribution in [-0.2, 0) is 16.1 Å². The Bertz CT molecular complexity index is 1700. The fourth-order valence-corrected chi connectivity index (χ4v) is 6.19. The third kappa shape index (κ3) is 5.53. The Morgan fingerprint density at radius 1 is 1.05 bits per heavy atom. The predicted molar refractivity (Wildman–Crippen MR) is 157 cm³/mol. The van der Waals surface area contributed by atoms with E-state index >= 15 is 0 Å². The molecule has 0 saturated heterocycles. The number of hydrogen-bond donors (Lipinski definition) is 1. The third-order valence-corrected chi connectivity index (χ3v) is 8.13. The summed E-state index contributed by atoms with van der Waals surface area (Å²) < 4.78 is 21.6. The molecule has 1 N–H and O–H groups in total. The van der Waals surface area contributed by atoms with Crippen molar-refractivity contribution in [1.82, 2.24) is 15.1 Å². The molecule has 7 nitrogen and oxygen atoms in total. The van der Waals surface area contributed by atoms with Gasteiger partial charge in [0.15, 0.2) is 0 Å². The van der Waals surface area contributed by atoms with Crippen LogP contribution < -0.4 is 10.2 Å². The van der Waals surface area contributed by atoms with Crippen LogP contribution in [0.15, 0.2) is 102 Å². The largest absolute Gasteiger partial charge is 0.467 e. The second-order valence-corrected chi connectivity index (χ2v) is 10.9. The van der Waals surface area contributed by atoms with Crippen molar-refractivity contribution in [2.75, 3.05) is 17.2 Å². The van der Waals surface area contributed by atoms with Crippen LogP contribution in [0.25, 0.3) is 16.9 Å². The van der Waals surface area contributed by atoms with Gasteiger partial charge >= 0.3 is 0 Å². The van der Waals surface area contributed by atoms with E-state index in [1.54, 1.807) is 29.1 Å². The number of aromatic nitrogens is 2. The van der Waals surface area contributed by atoms with E-state index in [0.717, 1.165) is 22.4 Å². The van der Waals surface area contributed by atoms with Crippen LogP contribution in [0.2, 0.25) is 0 Å². The average molecular weight is 567 g/mol. The van der Waals surface area contributed by atoms with Crippen molar-refractivity contribution >= 4 is 29.4 Å². The Morgan fingerprint density at radius 2 is 1.88 bits per heavy atom. The number of halogens is 1. The van der Waals surface area contributed by atoms with Crippen molar-refractivity contribution in [2.24, 2.45) is 0 Å². The van der Waals surface area contributed by atoms with Crippen molar-refractivity contribution < 1.29 is 18.4 Å². The Balaban J connectivity index is 1.54. The van der Waals surface area contributed by atoms with Crippen LogP contribution in [0.4, 0.5) is 10.2 Å². The average Bonchev–Trinajstić information content (AvgIpc) is 3.61. The van der Waals surface area contributed by atoms with Crippen LogP contribution in [-0.4, -0.2) is 33.9 Å². The molecule has 0 spiro atoms. The summed E-state index contributed by atoms with van der Waals surface area (Å²) in [6, 6.07) is 27.5. The number of furan rings is 1. The predicted octanol–water partition coefficient (Wildman–Crippen LogP) is 6.07. The van der Waals surface area contributed by atoms with Gasteiger partial charge in [-0.2, -0.15) is 5.10 Å². The minimum atomic E-state index is -0.408. The zero-order chi connectivity index (χ0) is 28.3. The second kappa shape index (κ2) is 11.5. The number of rotatable bonds is 7. The molecule has 1 aliphatic rings. The number of hydrogen-bond acceptors (Lipinski definition) is 5. The highest BCUT2D eigenvalue weighted by Gasteiger charge is 2.37. The lowest BCUT2D eigenvalue weighted by Crippen LogP contribution is -2.42. The lowest BCUT2D eigenvalue weighted by atomic mass is 9.99. The Labute approximate surface area is 241 Å². The number of anilines is 1. The van der Waals surface area contributed by atoms with Gasteiger partial charge in [-0.15, -0.1) is 11.8 Å². The summed E-state index contributed by atoms with van der Waals surface area (Å²) in [6.07, 6.45) is 1.54. The molecular weight excluding hydrogens is 539 g/mol. The first-order valence-electron chi connectivity index (χ1n) is 13.2. The number of nitrogens with zero attached hydrogens (tertiary/aromatic N) is 3. The first-order valence-corrected chi connectivity index (χ1v) is 14.2. The maximum atomic E-state index is 14.5. The van der Waals surface area contributed by atoms with Gasteiger partial charge in [0.2, 0.25) is 11.8 Å². The first kappa shape index (κ1) is 26.6. The smallest absolute Gasteiger partial charge is 0.240 e. The molecule has 0 bridgehead atoms. The topological polar surface area (TPSA) is 80.4 Å². The van der Waals surface area contributed by atoms with E-state index in [0.29, 0.717) is 22.8 Å². The van der Waals surface area contributed by atoms with Gasteiger partial charge in [-0.1, -0.05) is 54.6 Å². The van der Waals surface area contributed by atoms with Crippen LogP contribution in [0.3, 0.4) is 0 Å². The normalized spacial score (nSPS) is 14.9. The minimum Gasteiger partial charge on any atom is -0.467 e. The Kier molecular flexibility index (Phi) is 7.43. The van der Waals surface area contributed by atoms with E-state index in [1.807, 2.05) is 67.6 Å². The molecule has 0 fully saturated rings. The summed E-state index contributed by atoms with van der Waals surface area (Å²) in [5.74, 6) is 0.265. The van der Waals surface area contributed by atoms with Crippen molar-refractivity contribution in [3.63, 3.8) is 0 Å². The van der Waals surface area contributed by atoms with Crippen molar-refractivity contribution in [2.45, 2.75) is 18.7 Å². The van der Waals surface area contributed by atoms with Crippen molar-refractivity contribution in [3.05, 3.63) is 126 Å². The van der Waals surface area contributed by atoms with E-state index in [9.17, 15) is 14.0 Å². The summed E-state index contributed by atoms with van der Waals surface area (Å²) in [7, 11) is 0.